The maximum atomic E-state index is 12.9. The third-order valence-electron chi connectivity index (χ3n) is 4.93. The van der Waals surface area contributed by atoms with Crippen LogP contribution in [-0.4, -0.2) is 45.9 Å². The highest BCUT2D eigenvalue weighted by atomic mass is 16.6. The van der Waals surface area contributed by atoms with Gasteiger partial charge < -0.3 is 9.47 Å². The lowest BCUT2D eigenvalue weighted by Gasteiger charge is -2.10. The van der Waals surface area contributed by atoms with E-state index >= 15 is 0 Å². The minimum absolute atomic E-state index is 0.114. The van der Waals surface area contributed by atoms with Crippen LogP contribution in [0.3, 0.4) is 0 Å². The Labute approximate surface area is 195 Å². The number of rotatable bonds is 7. The summed E-state index contributed by atoms with van der Waals surface area (Å²) in [6.07, 6.45) is 0.651. The maximum absolute atomic E-state index is 12.9. The Morgan fingerprint density at radius 2 is 1.68 bits per heavy atom. The average Bonchev–Trinajstić information content (AvgIpc) is 3.26. The lowest BCUT2D eigenvalue weighted by molar-refractivity contribution is -0.123. The minimum Gasteiger partial charge on any atom is -0.452 e. The Hall–Kier alpha value is -4.53. The van der Waals surface area contributed by atoms with Gasteiger partial charge in [0.2, 0.25) is 0 Å². The molecule has 0 fully saturated rings. The largest absolute Gasteiger partial charge is 0.452 e. The molecule has 1 N–H and O–H groups in total. The van der Waals surface area contributed by atoms with Crippen LogP contribution in [0.1, 0.15) is 22.8 Å². The number of alkyl carbamates (subject to hydrolysis) is 1. The summed E-state index contributed by atoms with van der Waals surface area (Å²) in [6.45, 7) is 1.55. The molecule has 0 radical (unpaired) electrons. The monoisotopic (exact) mass is 458 g/mol. The molecular weight excluding hydrogens is 436 g/mol. The maximum Gasteiger partial charge on any atom is 0.413 e. The summed E-state index contributed by atoms with van der Waals surface area (Å²) in [6, 6.07) is 20.8. The van der Waals surface area contributed by atoms with E-state index in [9.17, 15) is 14.4 Å². The van der Waals surface area contributed by atoms with Gasteiger partial charge in [0, 0.05) is 5.56 Å². The molecular formula is C25H22N4O5. The van der Waals surface area contributed by atoms with Gasteiger partial charge in [-0.1, -0.05) is 60.7 Å². The number of carbonyl (C=O) groups excluding carboxylic acids is 3. The van der Waals surface area contributed by atoms with Crippen molar-refractivity contribution in [3.05, 3.63) is 84.1 Å². The fourth-order valence-electron chi connectivity index (χ4n) is 3.37. The number of carbonyl (C=O) groups is 3. The Morgan fingerprint density at radius 1 is 0.971 bits per heavy atom. The van der Waals surface area contributed by atoms with E-state index in [2.05, 4.69) is 9.84 Å². The third kappa shape index (κ3) is 5.26. The van der Waals surface area contributed by atoms with E-state index in [1.165, 1.54) is 0 Å². The molecule has 172 valence electrons. The number of fused-ring (bicyclic) bond motifs is 1. The molecule has 0 unspecified atom stereocenters. The van der Waals surface area contributed by atoms with Gasteiger partial charge in [0.1, 0.15) is 0 Å². The molecule has 9 nitrogen and oxygen atoms in total. The second-order valence-electron chi connectivity index (χ2n) is 7.29. The summed E-state index contributed by atoms with van der Waals surface area (Å²) in [5.41, 5.74) is 3.12. The Bertz CT molecular complexity index is 1320. The lowest BCUT2D eigenvalue weighted by Crippen LogP contribution is -2.34. The van der Waals surface area contributed by atoms with Gasteiger partial charge in [0.25, 0.3) is 5.91 Å². The van der Waals surface area contributed by atoms with Crippen LogP contribution in [0.15, 0.2) is 72.9 Å². The molecule has 0 aliphatic rings. The van der Waals surface area contributed by atoms with Crippen molar-refractivity contribution < 1.29 is 23.9 Å². The number of nitrogens with zero attached hydrogens (tertiary/aromatic N) is 3. The first-order chi connectivity index (χ1) is 16.5. The van der Waals surface area contributed by atoms with Crippen LogP contribution in [0.5, 0.6) is 0 Å². The predicted octanol–water partition coefficient (Wildman–Crippen LogP) is 3.58. The molecule has 0 saturated carbocycles. The molecule has 2 aromatic heterocycles. The highest BCUT2D eigenvalue weighted by molar-refractivity contribution is 6.04. The van der Waals surface area contributed by atoms with Gasteiger partial charge in [-0.15, -0.1) is 0 Å². The molecule has 0 bridgehead atoms. The van der Waals surface area contributed by atoms with Gasteiger partial charge in [-0.05, 0) is 18.6 Å². The number of esters is 1. The summed E-state index contributed by atoms with van der Waals surface area (Å²) in [4.78, 5) is 41.0. The van der Waals surface area contributed by atoms with Crippen molar-refractivity contribution in [2.45, 2.75) is 13.5 Å². The molecule has 0 saturated heterocycles. The van der Waals surface area contributed by atoms with Crippen LogP contribution in [0, 0.1) is 0 Å². The fourth-order valence-corrected chi connectivity index (χ4v) is 3.37. The number of aromatic nitrogens is 3. The van der Waals surface area contributed by atoms with E-state index in [-0.39, 0.29) is 12.2 Å². The number of imide groups is 1. The second kappa shape index (κ2) is 10.4. The summed E-state index contributed by atoms with van der Waals surface area (Å²) in [5, 5.41) is 6.91. The summed E-state index contributed by atoms with van der Waals surface area (Å²) >= 11 is 0. The second-order valence-corrected chi connectivity index (χ2v) is 7.29. The Morgan fingerprint density at radius 3 is 2.38 bits per heavy atom. The number of pyridine rings is 1. The van der Waals surface area contributed by atoms with Crippen molar-refractivity contribution >= 4 is 29.0 Å². The molecule has 0 aliphatic carbocycles. The quantitative estimate of drug-likeness (QED) is 0.421. The zero-order valence-corrected chi connectivity index (χ0v) is 18.4. The number of nitrogens with one attached hydrogen (secondary N) is 1. The summed E-state index contributed by atoms with van der Waals surface area (Å²) < 4.78 is 11.5. The van der Waals surface area contributed by atoms with E-state index in [1.54, 1.807) is 23.9 Å². The van der Waals surface area contributed by atoms with Crippen LogP contribution in [0.4, 0.5) is 4.79 Å². The van der Waals surface area contributed by atoms with Crippen LogP contribution in [0.2, 0.25) is 0 Å². The number of hydrogen-bond acceptors (Lipinski definition) is 7. The van der Waals surface area contributed by atoms with Gasteiger partial charge in [0.05, 0.1) is 36.0 Å². The van der Waals surface area contributed by atoms with Gasteiger partial charge in [-0.2, -0.15) is 5.10 Å². The number of hydrogen-bond donors (Lipinski definition) is 1. The van der Waals surface area contributed by atoms with Gasteiger partial charge >= 0.3 is 12.1 Å². The van der Waals surface area contributed by atoms with Gasteiger partial charge in [0.15, 0.2) is 12.3 Å². The normalized spacial score (nSPS) is 10.6. The van der Waals surface area contributed by atoms with Gasteiger partial charge in [-0.25, -0.2) is 19.3 Å². The SMILES string of the molecule is CCOC(=O)NC(=O)COC(=O)c1cc(-c2ccccc2)nc2c1cnn2Cc1ccccc1. The molecule has 0 spiro atoms. The zero-order chi connectivity index (χ0) is 23.9. The van der Waals surface area contributed by atoms with Crippen LogP contribution in [0.25, 0.3) is 22.3 Å². The number of benzene rings is 2. The van der Waals surface area contributed by atoms with Crippen molar-refractivity contribution in [2.75, 3.05) is 13.2 Å². The van der Waals surface area contributed by atoms with Crippen LogP contribution in [-0.2, 0) is 20.8 Å². The molecule has 2 aromatic carbocycles. The van der Waals surface area contributed by atoms with Crippen LogP contribution < -0.4 is 5.32 Å². The standard InChI is InChI=1S/C25H22N4O5/c1-2-33-25(32)28-22(30)16-34-24(31)19-13-21(18-11-7-4-8-12-18)27-23-20(19)14-26-29(23)15-17-9-5-3-6-10-17/h3-14H,2,15-16H2,1H3,(H,28,30,32). The molecule has 9 heteroatoms. The number of ether oxygens (including phenoxy) is 2. The molecule has 4 aromatic rings. The Kier molecular flexibility index (Phi) is 6.92. The van der Waals surface area contributed by atoms with Crippen molar-refractivity contribution in [2.24, 2.45) is 0 Å². The Balaban J connectivity index is 1.65. The average molecular weight is 458 g/mol. The third-order valence-corrected chi connectivity index (χ3v) is 4.93. The highest BCUT2D eigenvalue weighted by Crippen LogP contribution is 2.26. The first kappa shape index (κ1) is 22.7. The molecule has 2 heterocycles. The van der Waals surface area contributed by atoms with Crippen molar-refractivity contribution in [3.8, 4) is 11.3 Å². The molecule has 0 aliphatic heterocycles. The zero-order valence-electron chi connectivity index (χ0n) is 18.4. The summed E-state index contributed by atoms with van der Waals surface area (Å²) in [7, 11) is 0. The lowest BCUT2D eigenvalue weighted by atomic mass is 10.1. The predicted molar refractivity (Wildman–Crippen MR) is 124 cm³/mol. The molecule has 34 heavy (non-hydrogen) atoms. The highest BCUT2D eigenvalue weighted by Gasteiger charge is 2.20. The van der Waals surface area contributed by atoms with Crippen molar-refractivity contribution in [1.82, 2.24) is 20.1 Å². The molecule has 4 rings (SSSR count). The number of amides is 2. The topological polar surface area (TPSA) is 112 Å². The van der Waals surface area contributed by atoms with E-state index in [1.807, 2.05) is 66.0 Å². The van der Waals surface area contributed by atoms with E-state index in [0.717, 1.165) is 11.1 Å². The summed E-state index contributed by atoms with van der Waals surface area (Å²) in [5.74, 6) is -1.52. The molecule has 2 amide bonds. The van der Waals surface area contributed by atoms with E-state index < -0.39 is 24.6 Å². The first-order valence-electron chi connectivity index (χ1n) is 10.6. The minimum atomic E-state index is -0.900. The van der Waals surface area contributed by atoms with E-state index in [0.29, 0.717) is 23.3 Å². The fraction of sp³-hybridized carbons (Fsp3) is 0.160. The smallest absolute Gasteiger partial charge is 0.413 e. The van der Waals surface area contributed by atoms with Crippen molar-refractivity contribution in [3.63, 3.8) is 0 Å². The first-order valence-corrected chi connectivity index (χ1v) is 10.6. The van der Waals surface area contributed by atoms with Crippen molar-refractivity contribution in [1.29, 1.82) is 0 Å². The molecule has 0 atom stereocenters. The van der Waals surface area contributed by atoms with Crippen LogP contribution >= 0.6 is 0 Å². The van der Waals surface area contributed by atoms with E-state index in [4.69, 9.17) is 9.72 Å². The van der Waals surface area contributed by atoms with Gasteiger partial charge in [-0.3, -0.25) is 10.1 Å².